The average molecular weight is 337 g/mol. The number of carbonyl (C=O) groups excluding carboxylic acids is 3. The molecule has 0 N–H and O–H groups in total. The summed E-state index contributed by atoms with van der Waals surface area (Å²) in [6.07, 6.45) is 0. The van der Waals surface area contributed by atoms with Gasteiger partial charge in [-0.2, -0.15) is 0 Å². The Bertz CT molecular complexity index is 796. The zero-order valence-electron chi connectivity index (χ0n) is 13.6. The summed E-state index contributed by atoms with van der Waals surface area (Å²) >= 11 is 0. The number of hydrogen-bond donors (Lipinski definition) is 0. The molecule has 2 aromatic rings. The monoisotopic (exact) mass is 337 g/mol. The molecule has 25 heavy (non-hydrogen) atoms. The number of aromatic carboxylic acids is 1. The van der Waals surface area contributed by atoms with E-state index in [1.165, 1.54) is 18.2 Å². The molecule has 0 radical (unpaired) electrons. The minimum atomic E-state index is -1.31. The Hall–Kier alpha value is -3.15. The number of rotatable bonds is 3. The molecule has 3 rings (SSSR count). The van der Waals surface area contributed by atoms with Crippen LogP contribution in [0.4, 0.5) is 0 Å². The Morgan fingerprint density at radius 2 is 1.16 bits per heavy atom. The maximum Gasteiger partial charge on any atom is 0.253 e. The van der Waals surface area contributed by atoms with E-state index in [1.807, 2.05) is 18.2 Å². The standard InChI is InChI=1S/C19H18N2O4/c22-17(14-5-2-1-3-6-14)20-9-11-21(12-10-20)18(23)15-7-4-8-16(13-15)19(24)25/h1-8,13H,9-12H2,(H,24,25)/p-1. The van der Waals surface area contributed by atoms with Gasteiger partial charge in [0.15, 0.2) is 0 Å². The van der Waals surface area contributed by atoms with Crippen molar-refractivity contribution >= 4 is 17.8 Å². The molecule has 128 valence electrons. The van der Waals surface area contributed by atoms with Gasteiger partial charge in [0.2, 0.25) is 0 Å². The fourth-order valence-corrected chi connectivity index (χ4v) is 2.84. The van der Waals surface area contributed by atoms with Crippen molar-refractivity contribution in [1.82, 2.24) is 9.80 Å². The summed E-state index contributed by atoms with van der Waals surface area (Å²) in [7, 11) is 0. The van der Waals surface area contributed by atoms with E-state index in [2.05, 4.69) is 0 Å². The van der Waals surface area contributed by atoms with Gasteiger partial charge in [-0.15, -0.1) is 0 Å². The topological polar surface area (TPSA) is 80.8 Å². The molecule has 6 heteroatoms. The molecule has 0 saturated carbocycles. The fraction of sp³-hybridized carbons (Fsp3) is 0.211. The molecule has 1 saturated heterocycles. The molecular weight excluding hydrogens is 320 g/mol. The molecule has 1 fully saturated rings. The van der Waals surface area contributed by atoms with E-state index in [9.17, 15) is 19.5 Å². The number of nitrogens with zero attached hydrogens (tertiary/aromatic N) is 2. The van der Waals surface area contributed by atoms with Crippen LogP contribution in [0.2, 0.25) is 0 Å². The van der Waals surface area contributed by atoms with Crippen LogP contribution in [0.5, 0.6) is 0 Å². The van der Waals surface area contributed by atoms with Crippen LogP contribution in [0.25, 0.3) is 0 Å². The second-order valence-electron chi connectivity index (χ2n) is 5.82. The first-order valence-electron chi connectivity index (χ1n) is 8.01. The maximum atomic E-state index is 12.5. The third kappa shape index (κ3) is 3.68. The second-order valence-corrected chi connectivity index (χ2v) is 5.82. The molecule has 0 unspecified atom stereocenters. The van der Waals surface area contributed by atoms with Crippen LogP contribution in [0, 0.1) is 0 Å². The first-order chi connectivity index (χ1) is 12.1. The van der Waals surface area contributed by atoms with Crippen molar-refractivity contribution < 1.29 is 19.5 Å². The minimum Gasteiger partial charge on any atom is -0.545 e. The van der Waals surface area contributed by atoms with Gasteiger partial charge >= 0.3 is 0 Å². The lowest BCUT2D eigenvalue weighted by Crippen LogP contribution is -2.50. The molecule has 0 atom stereocenters. The van der Waals surface area contributed by atoms with E-state index in [0.29, 0.717) is 37.3 Å². The number of carbonyl (C=O) groups is 3. The average Bonchev–Trinajstić information content (AvgIpc) is 2.67. The summed E-state index contributed by atoms with van der Waals surface area (Å²) in [5.41, 5.74) is 0.914. The van der Waals surface area contributed by atoms with E-state index in [0.717, 1.165) is 0 Å². The Morgan fingerprint density at radius 1 is 0.680 bits per heavy atom. The lowest BCUT2D eigenvalue weighted by Gasteiger charge is -2.35. The minimum absolute atomic E-state index is 0.0243. The van der Waals surface area contributed by atoms with Crippen molar-refractivity contribution in [2.75, 3.05) is 26.2 Å². The normalized spacial score (nSPS) is 14.2. The van der Waals surface area contributed by atoms with Gasteiger partial charge in [-0.05, 0) is 29.8 Å². The van der Waals surface area contributed by atoms with Gasteiger partial charge in [0.1, 0.15) is 0 Å². The summed E-state index contributed by atoms with van der Waals surface area (Å²) in [6.45, 7) is 1.71. The van der Waals surface area contributed by atoms with Crippen molar-refractivity contribution in [3.8, 4) is 0 Å². The Balaban J connectivity index is 1.64. The molecule has 2 amide bonds. The largest absolute Gasteiger partial charge is 0.545 e. The van der Waals surface area contributed by atoms with Crippen molar-refractivity contribution in [2.24, 2.45) is 0 Å². The highest BCUT2D eigenvalue weighted by atomic mass is 16.4. The van der Waals surface area contributed by atoms with Crippen molar-refractivity contribution in [3.05, 3.63) is 71.3 Å². The fourth-order valence-electron chi connectivity index (χ4n) is 2.84. The zero-order valence-corrected chi connectivity index (χ0v) is 13.6. The number of carboxylic acid groups (broad SMARTS) is 1. The molecule has 0 aliphatic carbocycles. The number of benzene rings is 2. The van der Waals surface area contributed by atoms with Crippen LogP contribution in [0.1, 0.15) is 31.1 Å². The van der Waals surface area contributed by atoms with Gasteiger partial charge in [0, 0.05) is 37.3 Å². The number of amides is 2. The highest BCUT2D eigenvalue weighted by Crippen LogP contribution is 2.13. The Kier molecular flexibility index (Phi) is 4.79. The molecule has 1 heterocycles. The quantitative estimate of drug-likeness (QED) is 0.823. The summed E-state index contributed by atoms with van der Waals surface area (Å²) in [5.74, 6) is -1.60. The lowest BCUT2D eigenvalue weighted by atomic mass is 10.1. The number of piperazine rings is 1. The first-order valence-corrected chi connectivity index (χ1v) is 8.01. The Labute approximate surface area is 145 Å². The summed E-state index contributed by atoms with van der Waals surface area (Å²) in [6, 6.07) is 14.8. The molecular formula is C19H17N2O4-. The third-order valence-electron chi connectivity index (χ3n) is 4.22. The predicted octanol–water partition coefficient (Wildman–Crippen LogP) is 0.648. The van der Waals surface area contributed by atoms with Gasteiger partial charge < -0.3 is 19.7 Å². The van der Waals surface area contributed by atoms with E-state index in [1.54, 1.807) is 28.0 Å². The summed E-state index contributed by atoms with van der Waals surface area (Å²) in [4.78, 5) is 39.2. The van der Waals surface area contributed by atoms with Crippen LogP contribution in [-0.2, 0) is 0 Å². The van der Waals surface area contributed by atoms with Gasteiger partial charge in [-0.25, -0.2) is 0 Å². The Morgan fingerprint density at radius 3 is 1.72 bits per heavy atom. The molecule has 0 bridgehead atoms. The molecule has 6 nitrogen and oxygen atoms in total. The number of carboxylic acids is 1. The van der Waals surface area contributed by atoms with Gasteiger partial charge in [-0.1, -0.05) is 30.3 Å². The molecule has 1 aliphatic heterocycles. The van der Waals surface area contributed by atoms with Gasteiger partial charge in [-0.3, -0.25) is 9.59 Å². The van der Waals surface area contributed by atoms with Crippen LogP contribution >= 0.6 is 0 Å². The number of hydrogen-bond acceptors (Lipinski definition) is 4. The molecule has 0 spiro atoms. The van der Waals surface area contributed by atoms with Crippen molar-refractivity contribution in [3.63, 3.8) is 0 Å². The highest BCUT2D eigenvalue weighted by Gasteiger charge is 2.25. The van der Waals surface area contributed by atoms with Crippen molar-refractivity contribution in [2.45, 2.75) is 0 Å². The molecule has 2 aromatic carbocycles. The van der Waals surface area contributed by atoms with Crippen LogP contribution in [-0.4, -0.2) is 53.8 Å². The van der Waals surface area contributed by atoms with Crippen LogP contribution in [0.15, 0.2) is 54.6 Å². The van der Waals surface area contributed by atoms with E-state index in [4.69, 9.17) is 0 Å². The summed E-state index contributed by atoms with van der Waals surface area (Å²) in [5, 5.41) is 10.9. The van der Waals surface area contributed by atoms with Gasteiger partial charge in [0.05, 0.1) is 5.97 Å². The van der Waals surface area contributed by atoms with Crippen molar-refractivity contribution in [1.29, 1.82) is 0 Å². The van der Waals surface area contributed by atoms with E-state index in [-0.39, 0.29) is 17.4 Å². The SMILES string of the molecule is O=C([O-])c1cccc(C(=O)N2CCN(C(=O)c3ccccc3)CC2)c1. The smallest absolute Gasteiger partial charge is 0.253 e. The third-order valence-corrected chi connectivity index (χ3v) is 4.22. The van der Waals surface area contributed by atoms with E-state index < -0.39 is 5.97 Å². The second kappa shape index (κ2) is 7.17. The van der Waals surface area contributed by atoms with Crippen LogP contribution in [0.3, 0.4) is 0 Å². The predicted molar refractivity (Wildman–Crippen MR) is 89.0 cm³/mol. The molecule has 1 aliphatic rings. The van der Waals surface area contributed by atoms with Gasteiger partial charge in [0.25, 0.3) is 11.8 Å². The van der Waals surface area contributed by atoms with Crippen LogP contribution < -0.4 is 5.11 Å². The summed E-state index contributed by atoms with van der Waals surface area (Å²) < 4.78 is 0. The molecule has 0 aromatic heterocycles. The zero-order chi connectivity index (χ0) is 17.8. The maximum absolute atomic E-state index is 12.5. The van der Waals surface area contributed by atoms with E-state index >= 15 is 0 Å². The lowest BCUT2D eigenvalue weighted by molar-refractivity contribution is -0.255. The highest BCUT2D eigenvalue weighted by molar-refractivity contribution is 5.97. The first kappa shape index (κ1) is 16.7.